The molecule has 1 unspecified atom stereocenters. The van der Waals surface area contributed by atoms with Crippen molar-refractivity contribution in [2.45, 2.75) is 24.8 Å². The highest BCUT2D eigenvalue weighted by atomic mass is 35.5. The lowest BCUT2D eigenvalue weighted by Gasteiger charge is -2.18. The van der Waals surface area contributed by atoms with Crippen LogP contribution in [0.3, 0.4) is 0 Å². The van der Waals surface area contributed by atoms with Gasteiger partial charge in [0.1, 0.15) is 12.4 Å². The SMILES string of the molecule is Cl.c1ccc(C(c2ccc(OC[C@H]3CCCN3)cc2)c2ccsc2)cc1. The van der Waals surface area contributed by atoms with Gasteiger partial charge in [0.05, 0.1) is 0 Å². The molecular weight excluding hydrogens is 362 g/mol. The number of ether oxygens (including phenoxy) is 1. The molecule has 1 saturated heterocycles. The van der Waals surface area contributed by atoms with Crippen LogP contribution in [0.4, 0.5) is 0 Å². The smallest absolute Gasteiger partial charge is 0.119 e. The molecule has 1 N–H and O–H groups in total. The van der Waals surface area contributed by atoms with Gasteiger partial charge in [-0.15, -0.1) is 12.4 Å². The molecule has 136 valence electrons. The molecule has 3 aromatic rings. The molecule has 2 aromatic carbocycles. The van der Waals surface area contributed by atoms with E-state index in [4.69, 9.17) is 4.74 Å². The third kappa shape index (κ3) is 4.47. The molecule has 1 aromatic heterocycles. The summed E-state index contributed by atoms with van der Waals surface area (Å²) >= 11 is 1.75. The number of hydrogen-bond donors (Lipinski definition) is 1. The first-order valence-electron chi connectivity index (χ1n) is 8.93. The Labute approximate surface area is 165 Å². The molecule has 0 saturated carbocycles. The largest absolute Gasteiger partial charge is 0.492 e. The molecule has 0 aliphatic carbocycles. The molecule has 2 heterocycles. The van der Waals surface area contributed by atoms with Crippen LogP contribution in [0.5, 0.6) is 5.75 Å². The summed E-state index contributed by atoms with van der Waals surface area (Å²) in [5.74, 6) is 1.23. The first kappa shape index (κ1) is 19.0. The van der Waals surface area contributed by atoms with Gasteiger partial charge in [-0.25, -0.2) is 0 Å². The zero-order chi connectivity index (χ0) is 16.9. The Morgan fingerprint density at radius 2 is 1.73 bits per heavy atom. The second-order valence-corrected chi connectivity index (χ2v) is 7.35. The van der Waals surface area contributed by atoms with Gasteiger partial charge in [0.25, 0.3) is 0 Å². The van der Waals surface area contributed by atoms with E-state index in [1.807, 2.05) is 0 Å². The van der Waals surface area contributed by atoms with E-state index in [9.17, 15) is 0 Å². The lowest BCUT2D eigenvalue weighted by molar-refractivity contribution is 0.277. The van der Waals surface area contributed by atoms with E-state index in [0.29, 0.717) is 6.04 Å². The lowest BCUT2D eigenvalue weighted by atomic mass is 9.87. The maximum Gasteiger partial charge on any atom is 0.119 e. The van der Waals surface area contributed by atoms with Gasteiger partial charge in [-0.1, -0.05) is 42.5 Å². The molecule has 1 aliphatic rings. The second kappa shape index (κ2) is 9.22. The van der Waals surface area contributed by atoms with Gasteiger partial charge in [-0.05, 0) is 65.0 Å². The van der Waals surface area contributed by atoms with Crippen LogP contribution in [-0.4, -0.2) is 19.2 Å². The van der Waals surface area contributed by atoms with Crippen LogP contribution in [0.1, 0.15) is 35.4 Å². The minimum absolute atomic E-state index is 0. The molecule has 0 bridgehead atoms. The van der Waals surface area contributed by atoms with Crippen molar-refractivity contribution in [2.75, 3.05) is 13.2 Å². The number of rotatable bonds is 6. The Bertz CT molecular complexity index is 768. The van der Waals surface area contributed by atoms with E-state index in [1.165, 1.54) is 29.5 Å². The van der Waals surface area contributed by atoms with Gasteiger partial charge in [0.15, 0.2) is 0 Å². The van der Waals surface area contributed by atoms with E-state index in [0.717, 1.165) is 18.9 Å². The van der Waals surface area contributed by atoms with Crippen LogP contribution in [0, 0.1) is 0 Å². The Balaban J connectivity index is 0.00000196. The zero-order valence-electron chi connectivity index (χ0n) is 14.6. The summed E-state index contributed by atoms with van der Waals surface area (Å²) in [6, 6.07) is 22.0. The normalized spacial score (nSPS) is 17.5. The molecule has 0 spiro atoms. The number of halogens is 1. The minimum atomic E-state index is 0. The number of benzene rings is 2. The summed E-state index contributed by atoms with van der Waals surface area (Å²) < 4.78 is 5.96. The predicted molar refractivity (Wildman–Crippen MR) is 112 cm³/mol. The Morgan fingerprint density at radius 3 is 2.38 bits per heavy atom. The highest BCUT2D eigenvalue weighted by Gasteiger charge is 2.18. The predicted octanol–water partition coefficient (Wildman–Crippen LogP) is 5.48. The maximum absolute atomic E-state index is 5.96. The van der Waals surface area contributed by atoms with Gasteiger partial charge in [0, 0.05) is 12.0 Å². The summed E-state index contributed by atoms with van der Waals surface area (Å²) in [4.78, 5) is 0. The van der Waals surface area contributed by atoms with E-state index in [-0.39, 0.29) is 18.3 Å². The lowest BCUT2D eigenvalue weighted by Crippen LogP contribution is -2.28. The average Bonchev–Trinajstić information content (AvgIpc) is 3.36. The van der Waals surface area contributed by atoms with Crippen LogP contribution in [0.25, 0.3) is 0 Å². The standard InChI is InChI=1S/C22H23NOS.ClH/c1-2-5-17(6-3-1)22(19-12-14-25-16-19)18-8-10-21(11-9-18)24-15-20-7-4-13-23-20;/h1-3,5-6,8-12,14,16,20,22-23H,4,7,13,15H2;1H/t20-,22?;/m1./s1. The maximum atomic E-state index is 5.96. The Hall–Kier alpha value is -1.81. The number of hydrogen-bond acceptors (Lipinski definition) is 3. The van der Waals surface area contributed by atoms with E-state index < -0.39 is 0 Å². The molecular formula is C22H24ClNOS. The Kier molecular flexibility index (Phi) is 6.73. The van der Waals surface area contributed by atoms with Gasteiger partial charge in [-0.3, -0.25) is 0 Å². The van der Waals surface area contributed by atoms with Crippen molar-refractivity contribution in [2.24, 2.45) is 0 Å². The van der Waals surface area contributed by atoms with E-state index in [2.05, 4.69) is 76.7 Å². The van der Waals surface area contributed by atoms with Gasteiger partial charge >= 0.3 is 0 Å². The minimum Gasteiger partial charge on any atom is -0.492 e. The number of thiophene rings is 1. The fraction of sp³-hybridized carbons (Fsp3) is 0.273. The average molecular weight is 386 g/mol. The molecule has 1 aliphatic heterocycles. The first-order chi connectivity index (χ1) is 12.4. The van der Waals surface area contributed by atoms with Crippen LogP contribution < -0.4 is 10.1 Å². The highest BCUT2D eigenvalue weighted by molar-refractivity contribution is 7.08. The van der Waals surface area contributed by atoms with Crippen molar-refractivity contribution in [1.82, 2.24) is 5.32 Å². The third-order valence-corrected chi connectivity index (χ3v) is 5.54. The molecule has 26 heavy (non-hydrogen) atoms. The van der Waals surface area contributed by atoms with Crippen LogP contribution in [0.2, 0.25) is 0 Å². The summed E-state index contributed by atoms with van der Waals surface area (Å²) in [6.45, 7) is 1.87. The summed E-state index contributed by atoms with van der Waals surface area (Å²) in [5.41, 5.74) is 3.97. The zero-order valence-corrected chi connectivity index (χ0v) is 16.3. The molecule has 1 fully saturated rings. The molecule has 0 radical (unpaired) electrons. The van der Waals surface area contributed by atoms with Crippen molar-refractivity contribution in [1.29, 1.82) is 0 Å². The summed E-state index contributed by atoms with van der Waals surface area (Å²) in [5, 5.41) is 7.87. The monoisotopic (exact) mass is 385 g/mol. The fourth-order valence-electron chi connectivity index (χ4n) is 3.51. The van der Waals surface area contributed by atoms with Gasteiger partial charge in [-0.2, -0.15) is 11.3 Å². The van der Waals surface area contributed by atoms with Crippen molar-refractivity contribution in [3.05, 3.63) is 88.1 Å². The van der Waals surface area contributed by atoms with Crippen molar-refractivity contribution < 1.29 is 4.74 Å². The molecule has 4 rings (SSSR count). The Morgan fingerprint density at radius 1 is 0.962 bits per heavy atom. The van der Waals surface area contributed by atoms with Crippen molar-refractivity contribution >= 4 is 23.7 Å². The van der Waals surface area contributed by atoms with Gasteiger partial charge < -0.3 is 10.1 Å². The van der Waals surface area contributed by atoms with Gasteiger partial charge in [0.2, 0.25) is 0 Å². The molecule has 2 atom stereocenters. The van der Waals surface area contributed by atoms with E-state index in [1.54, 1.807) is 11.3 Å². The highest BCUT2D eigenvalue weighted by Crippen LogP contribution is 2.33. The fourth-order valence-corrected chi connectivity index (χ4v) is 4.20. The molecule has 4 heteroatoms. The van der Waals surface area contributed by atoms with Crippen LogP contribution in [0.15, 0.2) is 71.4 Å². The van der Waals surface area contributed by atoms with Crippen molar-refractivity contribution in [3.8, 4) is 5.75 Å². The van der Waals surface area contributed by atoms with Crippen molar-refractivity contribution in [3.63, 3.8) is 0 Å². The van der Waals surface area contributed by atoms with Crippen LogP contribution >= 0.6 is 23.7 Å². The van der Waals surface area contributed by atoms with E-state index >= 15 is 0 Å². The molecule has 2 nitrogen and oxygen atoms in total. The topological polar surface area (TPSA) is 21.3 Å². The number of nitrogens with one attached hydrogen (secondary N) is 1. The third-order valence-electron chi connectivity index (χ3n) is 4.84. The molecule has 0 amide bonds. The van der Waals surface area contributed by atoms with Crippen LogP contribution in [-0.2, 0) is 0 Å². The summed E-state index contributed by atoms with van der Waals surface area (Å²) in [6.07, 6.45) is 2.47. The second-order valence-electron chi connectivity index (χ2n) is 6.57. The quantitative estimate of drug-likeness (QED) is 0.606. The first-order valence-corrected chi connectivity index (χ1v) is 9.87. The summed E-state index contributed by atoms with van der Waals surface area (Å²) in [7, 11) is 0.